The van der Waals surface area contributed by atoms with Crippen molar-refractivity contribution in [1.82, 2.24) is 10.2 Å². The van der Waals surface area contributed by atoms with Crippen molar-refractivity contribution in [2.75, 3.05) is 10.8 Å². The molecule has 0 aromatic heterocycles. The van der Waals surface area contributed by atoms with Crippen LogP contribution in [-0.4, -0.2) is 43.8 Å². The van der Waals surface area contributed by atoms with Crippen molar-refractivity contribution in [2.24, 2.45) is 0 Å². The molecule has 0 radical (unpaired) electrons. The maximum atomic E-state index is 14.6. The number of hydrogen-bond donors (Lipinski definition) is 1. The lowest BCUT2D eigenvalue weighted by atomic mass is 10.0. The molecule has 0 bridgehead atoms. The van der Waals surface area contributed by atoms with Crippen LogP contribution in [0.1, 0.15) is 41.7 Å². The molecule has 1 atom stereocenters. The summed E-state index contributed by atoms with van der Waals surface area (Å²) in [6, 6.07) is 28.0. The highest BCUT2D eigenvalue weighted by atomic mass is 79.9. The maximum Gasteiger partial charge on any atom is 0.264 e. The molecule has 1 N–H and O–H groups in total. The second-order valence-corrected chi connectivity index (χ2v) is 14.4. The van der Waals surface area contributed by atoms with Crippen LogP contribution in [0.2, 0.25) is 0 Å². The summed E-state index contributed by atoms with van der Waals surface area (Å²) in [6.45, 7) is 9.01. The number of carbonyl (C=O) groups excluding carboxylic acids is 2. The molecule has 0 aliphatic rings. The van der Waals surface area contributed by atoms with Gasteiger partial charge in [0.1, 0.15) is 12.6 Å². The highest BCUT2D eigenvalue weighted by Crippen LogP contribution is 2.29. The molecule has 45 heavy (non-hydrogen) atoms. The number of hydrogen-bond acceptors (Lipinski definition) is 4. The highest BCUT2D eigenvalue weighted by molar-refractivity contribution is 9.10. The van der Waals surface area contributed by atoms with Crippen LogP contribution >= 0.6 is 15.9 Å². The van der Waals surface area contributed by atoms with Crippen LogP contribution in [0, 0.1) is 20.8 Å². The van der Waals surface area contributed by atoms with Crippen molar-refractivity contribution >= 4 is 43.5 Å². The number of nitrogens with zero attached hydrogens (tertiary/aromatic N) is 2. The van der Waals surface area contributed by atoms with Crippen molar-refractivity contribution in [3.63, 3.8) is 0 Å². The molecule has 9 heteroatoms. The quantitative estimate of drug-likeness (QED) is 0.179. The van der Waals surface area contributed by atoms with Crippen LogP contribution in [-0.2, 0) is 32.6 Å². The zero-order valence-corrected chi connectivity index (χ0v) is 28.7. The fourth-order valence-corrected chi connectivity index (χ4v) is 6.90. The number of benzene rings is 4. The lowest BCUT2D eigenvalue weighted by Gasteiger charge is -2.34. The first-order valence-corrected chi connectivity index (χ1v) is 17.1. The molecule has 0 heterocycles. The molecule has 0 saturated carbocycles. The van der Waals surface area contributed by atoms with Gasteiger partial charge in [-0.15, -0.1) is 0 Å². The lowest BCUT2D eigenvalue weighted by Crippen LogP contribution is -2.54. The van der Waals surface area contributed by atoms with E-state index in [4.69, 9.17) is 0 Å². The van der Waals surface area contributed by atoms with E-state index in [1.54, 1.807) is 30.3 Å². The van der Waals surface area contributed by atoms with E-state index in [-0.39, 0.29) is 29.8 Å². The molecule has 1 unspecified atom stereocenters. The summed E-state index contributed by atoms with van der Waals surface area (Å²) in [7, 11) is -4.16. The van der Waals surface area contributed by atoms with E-state index in [2.05, 4.69) is 21.2 Å². The first-order valence-electron chi connectivity index (χ1n) is 14.9. The molecule has 0 saturated heterocycles. The number of sulfonamides is 1. The second-order valence-electron chi connectivity index (χ2n) is 11.6. The fourth-order valence-electron chi connectivity index (χ4n) is 5.16. The molecule has 0 aliphatic carbocycles. The van der Waals surface area contributed by atoms with E-state index in [1.165, 1.54) is 9.21 Å². The van der Waals surface area contributed by atoms with Gasteiger partial charge in [-0.1, -0.05) is 93.8 Å². The van der Waals surface area contributed by atoms with Gasteiger partial charge in [0.2, 0.25) is 11.8 Å². The summed E-state index contributed by atoms with van der Waals surface area (Å²) in [6.07, 6.45) is 0.260. The van der Waals surface area contributed by atoms with Gasteiger partial charge < -0.3 is 10.2 Å². The van der Waals surface area contributed by atoms with E-state index in [0.717, 1.165) is 32.3 Å². The minimum Gasteiger partial charge on any atom is -0.352 e. The van der Waals surface area contributed by atoms with Crippen LogP contribution in [0.25, 0.3) is 0 Å². The summed E-state index contributed by atoms with van der Waals surface area (Å²) in [5, 5.41) is 2.98. The standard InChI is InChI=1S/C36H40BrN3O4S/c1-25(2)38-36(42)34(22-29-9-7-6-8-10-29)39(23-30-14-16-31(37)17-15-30)35(41)24-40(33-20-13-27(4)21-28(33)5)45(43,44)32-18-11-26(3)12-19-32/h6-21,25,34H,22-24H2,1-5H3,(H,38,42). The molecule has 4 rings (SSSR count). The van der Waals surface area contributed by atoms with E-state index in [1.807, 2.05) is 101 Å². The van der Waals surface area contributed by atoms with Gasteiger partial charge in [0, 0.05) is 23.5 Å². The van der Waals surface area contributed by atoms with Crippen LogP contribution < -0.4 is 9.62 Å². The maximum absolute atomic E-state index is 14.6. The predicted molar refractivity (Wildman–Crippen MR) is 184 cm³/mol. The third kappa shape index (κ3) is 8.83. The van der Waals surface area contributed by atoms with E-state index < -0.39 is 28.5 Å². The Bertz CT molecular complexity index is 1720. The Labute approximate surface area is 275 Å². The Morgan fingerprint density at radius 1 is 0.800 bits per heavy atom. The first-order chi connectivity index (χ1) is 21.3. The number of aryl methyl sites for hydroxylation is 3. The third-order valence-corrected chi connectivity index (χ3v) is 9.78. The number of nitrogens with one attached hydrogen (secondary N) is 1. The number of halogens is 1. The Kier molecular flexibility index (Phi) is 11.2. The van der Waals surface area contributed by atoms with Gasteiger partial charge in [-0.3, -0.25) is 13.9 Å². The van der Waals surface area contributed by atoms with E-state index in [9.17, 15) is 18.0 Å². The normalized spacial score (nSPS) is 12.1. The Balaban J connectivity index is 1.82. The van der Waals surface area contributed by atoms with E-state index >= 15 is 0 Å². The molecule has 0 spiro atoms. The monoisotopic (exact) mass is 689 g/mol. The van der Waals surface area contributed by atoms with Gasteiger partial charge in [-0.25, -0.2) is 8.42 Å². The van der Waals surface area contributed by atoms with Gasteiger partial charge >= 0.3 is 0 Å². The Hall–Kier alpha value is -3.95. The van der Waals surface area contributed by atoms with Gasteiger partial charge in [-0.2, -0.15) is 0 Å². The van der Waals surface area contributed by atoms with Gasteiger partial charge in [0.05, 0.1) is 10.6 Å². The zero-order chi connectivity index (χ0) is 32.7. The van der Waals surface area contributed by atoms with Gasteiger partial charge in [0.15, 0.2) is 0 Å². The third-order valence-electron chi connectivity index (χ3n) is 7.48. The van der Waals surface area contributed by atoms with Crippen LogP contribution in [0.4, 0.5) is 5.69 Å². The number of anilines is 1. The van der Waals surface area contributed by atoms with Crippen molar-refractivity contribution in [3.8, 4) is 0 Å². The molecule has 236 valence electrons. The Morgan fingerprint density at radius 3 is 2.02 bits per heavy atom. The minimum absolute atomic E-state index is 0.0821. The summed E-state index contributed by atoms with van der Waals surface area (Å²) < 4.78 is 30.5. The van der Waals surface area contributed by atoms with Gasteiger partial charge in [0.25, 0.3) is 10.0 Å². The number of carbonyl (C=O) groups is 2. The fraction of sp³-hybridized carbons (Fsp3) is 0.278. The average Bonchev–Trinajstić information content (AvgIpc) is 2.99. The van der Waals surface area contributed by atoms with Crippen molar-refractivity contribution in [2.45, 2.75) is 64.6 Å². The highest BCUT2D eigenvalue weighted by Gasteiger charge is 2.35. The smallest absolute Gasteiger partial charge is 0.264 e. The number of amides is 2. The lowest BCUT2D eigenvalue weighted by molar-refractivity contribution is -0.140. The van der Waals surface area contributed by atoms with Crippen LogP contribution in [0.5, 0.6) is 0 Å². The average molecular weight is 691 g/mol. The van der Waals surface area contributed by atoms with E-state index in [0.29, 0.717) is 5.69 Å². The van der Waals surface area contributed by atoms with Crippen molar-refractivity contribution in [1.29, 1.82) is 0 Å². The SMILES string of the molecule is Cc1ccc(S(=O)(=O)N(CC(=O)N(Cc2ccc(Br)cc2)C(Cc2ccccc2)C(=O)NC(C)C)c2ccc(C)cc2C)cc1. The Morgan fingerprint density at radius 2 is 1.42 bits per heavy atom. The molecular weight excluding hydrogens is 650 g/mol. The van der Waals surface area contributed by atoms with Crippen LogP contribution in [0.15, 0.2) is 106 Å². The topological polar surface area (TPSA) is 86.8 Å². The first kappa shape index (κ1) is 33.9. The number of rotatable bonds is 12. The van der Waals surface area contributed by atoms with Crippen LogP contribution in [0.3, 0.4) is 0 Å². The molecule has 0 aliphatic heterocycles. The van der Waals surface area contributed by atoms with Gasteiger partial charge in [-0.05, 0) is 81.6 Å². The van der Waals surface area contributed by atoms with Crippen molar-refractivity contribution in [3.05, 3.63) is 129 Å². The molecule has 7 nitrogen and oxygen atoms in total. The molecule has 0 fully saturated rings. The largest absolute Gasteiger partial charge is 0.352 e. The zero-order valence-electron chi connectivity index (χ0n) is 26.3. The molecule has 2 amide bonds. The molecule has 4 aromatic rings. The summed E-state index contributed by atoms with van der Waals surface area (Å²) in [5.41, 5.74) is 4.71. The molecular formula is C36H40BrN3O4S. The second kappa shape index (κ2) is 14.9. The van der Waals surface area contributed by atoms with Crippen molar-refractivity contribution < 1.29 is 18.0 Å². The minimum atomic E-state index is -4.16. The predicted octanol–water partition coefficient (Wildman–Crippen LogP) is 6.73. The summed E-state index contributed by atoms with van der Waals surface area (Å²) in [4.78, 5) is 30.0. The summed E-state index contributed by atoms with van der Waals surface area (Å²) in [5.74, 6) is -0.799. The summed E-state index contributed by atoms with van der Waals surface area (Å²) >= 11 is 3.46. The molecule has 4 aromatic carbocycles.